The normalized spacial score (nSPS) is 11.7. The Kier molecular flexibility index (Phi) is 4.93. The highest BCUT2D eigenvalue weighted by molar-refractivity contribution is 7.90. The topological polar surface area (TPSA) is 80.5 Å². The molecule has 0 fully saturated rings. The van der Waals surface area contributed by atoms with Gasteiger partial charge in [0.2, 0.25) is 0 Å². The Morgan fingerprint density at radius 1 is 1.17 bits per heavy atom. The van der Waals surface area contributed by atoms with E-state index in [1.165, 1.54) is 52.8 Å². The maximum absolute atomic E-state index is 13.6. The van der Waals surface area contributed by atoms with E-state index < -0.39 is 21.6 Å². The number of furan rings is 1. The van der Waals surface area contributed by atoms with Crippen molar-refractivity contribution in [2.24, 2.45) is 0 Å². The molecule has 2 aromatic carbocycles. The van der Waals surface area contributed by atoms with Crippen LogP contribution in [-0.4, -0.2) is 25.6 Å². The maximum atomic E-state index is 13.6. The fourth-order valence-electron chi connectivity index (χ4n) is 2.80. The lowest BCUT2D eigenvalue weighted by Crippen LogP contribution is -2.30. The van der Waals surface area contributed by atoms with Gasteiger partial charge in [0.1, 0.15) is 11.6 Å². The molecule has 0 aliphatic heterocycles. The van der Waals surface area contributed by atoms with Crippen LogP contribution in [0.5, 0.6) is 0 Å². The van der Waals surface area contributed by atoms with Gasteiger partial charge in [0.15, 0.2) is 15.0 Å². The highest BCUT2D eigenvalue weighted by atomic mass is 32.2. The molecule has 0 atom stereocenters. The highest BCUT2D eigenvalue weighted by Gasteiger charge is 2.24. The third-order valence-corrected chi connectivity index (χ3v) is 6.37. The van der Waals surface area contributed by atoms with Gasteiger partial charge in [-0.2, -0.15) is 0 Å². The van der Waals surface area contributed by atoms with Gasteiger partial charge in [-0.05, 0) is 48.5 Å². The molecule has 0 radical (unpaired) electrons. The van der Waals surface area contributed by atoms with Gasteiger partial charge in [-0.25, -0.2) is 17.8 Å². The van der Waals surface area contributed by atoms with Crippen LogP contribution in [0.2, 0.25) is 0 Å². The number of hydrogen-bond acceptors (Lipinski definition) is 6. The number of amides is 1. The molecule has 0 aliphatic carbocycles. The average molecular weight is 430 g/mol. The predicted molar refractivity (Wildman–Crippen MR) is 108 cm³/mol. The maximum Gasteiger partial charge on any atom is 0.260 e. The molecule has 4 rings (SSSR count). The summed E-state index contributed by atoms with van der Waals surface area (Å²) in [6, 6.07) is 13.5. The van der Waals surface area contributed by atoms with Crippen molar-refractivity contribution < 1.29 is 22.0 Å². The molecule has 6 nitrogen and oxygen atoms in total. The van der Waals surface area contributed by atoms with Crippen molar-refractivity contribution in [1.82, 2.24) is 4.98 Å². The van der Waals surface area contributed by atoms with E-state index in [0.29, 0.717) is 21.1 Å². The van der Waals surface area contributed by atoms with E-state index in [-0.39, 0.29) is 17.0 Å². The van der Waals surface area contributed by atoms with Gasteiger partial charge in [-0.3, -0.25) is 9.69 Å². The molecule has 2 aromatic heterocycles. The van der Waals surface area contributed by atoms with Gasteiger partial charge in [-0.15, -0.1) is 0 Å². The molecular weight excluding hydrogens is 415 g/mol. The summed E-state index contributed by atoms with van der Waals surface area (Å²) in [4.78, 5) is 19.2. The smallest absolute Gasteiger partial charge is 0.260 e. The summed E-state index contributed by atoms with van der Waals surface area (Å²) >= 11 is 1.17. The minimum Gasteiger partial charge on any atom is -0.467 e. The van der Waals surface area contributed by atoms with E-state index >= 15 is 0 Å². The van der Waals surface area contributed by atoms with Crippen LogP contribution in [0, 0.1) is 5.82 Å². The molecule has 0 spiro atoms. The lowest BCUT2D eigenvalue weighted by Gasteiger charge is -2.19. The van der Waals surface area contributed by atoms with Crippen molar-refractivity contribution in [3.05, 3.63) is 78.0 Å². The molecule has 4 aromatic rings. The van der Waals surface area contributed by atoms with Gasteiger partial charge >= 0.3 is 0 Å². The molecule has 0 unspecified atom stereocenters. The molecule has 2 heterocycles. The summed E-state index contributed by atoms with van der Waals surface area (Å²) < 4.78 is 43.3. The number of thiazole rings is 1. The Balaban J connectivity index is 1.78. The van der Waals surface area contributed by atoms with Crippen molar-refractivity contribution in [1.29, 1.82) is 0 Å². The zero-order chi connectivity index (χ0) is 20.6. The SMILES string of the molecule is CS(=O)(=O)c1cccc(C(=O)N(Cc2ccco2)c2nc3ccc(F)cc3s2)c1. The lowest BCUT2D eigenvalue weighted by molar-refractivity contribution is 0.0983. The van der Waals surface area contributed by atoms with E-state index in [1.807, 2.05) is 0 Å². The number of fused-ring (bicyclic) bond motifs is 1. The number of carbonyl (C=O) groups excluding carboxylic acids is 1. The van der Waals surface area contributed by atoms with Gasteiger partial charge in [0.05, 0.1) is 27.9 Å². The summed E-state index contributed by atoms with van der Waals surface area (Å²) in [5.41, 5.74) is 0.762. The van der Waals surface area contributed by atoms with Gasteiger partial charge < -0.3 is 4.42 Å². The Labute approximate surface area is 170 Å². The Bertz CT molecular complexity index is 1300. The first-order valence-corrected chi connectivity index (χ1v) is 11.2. The first-order valence-electron chi connectivity index (χ1n) is 8.52. The zero-order valence-corrected chi connectivity index (χ0v) is 16.8. The Morgan fingerprint density at radius 3 is 2.72 bits per heavy atom. The van der Waals surface area contributed by atoms with E-state index in [4.69, 9.17) is 4.42 Å². The van der Waals surface area contributed by atoms with Crippen molar-refractivity contribution in [3.63, 3.8) is 0 Å². The van der Waals surface area contributed by atoms with E-state index in [1.54, 1.807) is 24.3 Å². The standard InChI is InChI=1S/C20H15FN2O4S2/c1-29(25,26)16-6-2-4-13(10-16)19(24)23(12-15-5-3-9-27-15)20-22-17-8-7-14(21)11-18(17)28-20/h2-11H,12H2,1H3. The molecule has 148 valence electrons. The molecule has 0 saturated carbocycles. The van der Waals surface area contributed by atoms with Gasteiger partial charge in [-0.1, -0.05) is 17.4 Å². The van der Waals surface area contributed by atoms with Crippen LogP contribution in [0.1, 0.15) is 16.1 Å². The van der Waals surface area contributed by atoms with Gasteiger partial charge in [0, 0.05) is 11.8 Å². The minimum absolute atomic E-state index is 0.0488. The van der Waals surface area contributed by atoms with Crippen molar-refractivity contribution in [2.75, 3.05) is 11.2 Å². The van der Waals surface area contributed by atoms with E-state index in [9.17, 15) is 17.6 Å². The van der Waals surface area contributed by atoms with Gasteiger partial charge in [0.25, 0.3) is 5.91 Å². The largest absolute Gasteiger partial charge is 0.467 e. The molecule has 0 aliphatic rings. The minimum atomic E-state index is -3.47. The number of anilines is 1. The summed E-state index contributed by atoms with van der Waals surface area (Å²) in [6.45, 7) is 0.0945. The van der Waals surface area contributed by atoms with Crippen LogP contribution < -0.4 is 4.90 Å². The first kappa shape index (κ1) is 19.3. The number of sulfone groups is 1. The molecule has 0 saturated heterocycles. The first-order chi connectivity index (χ1) is 13.8. The second-order valence-electron chi connectivity index (χ2n) is 6.38. The van der Waals surface area contributed by atoms with E-state index in [2.05, 4.69) is 4.98 Å². The van der Waals surface area contributed by atoms with Crippen molar-refractivity contribution >= 4 is 42.4 Å². The number of carbonyl (C=O) groups is 1. The summed E-state index contributed by atoms with van der Waals surface area (Å²) in [5, 5.41) is 0.358. The summed E-state index contributed by atoms with van der Waals surface area (Å²) in [6.07, 6.45) is 2.58. The van der Waals surface area contributed by atoms with Crippen molar-refractivity contribution in [2.45, 2.75) is 11.4 Å². The van der Waals surface area contributed by atoms with Crippen LogP contribution >= 0.6 is 11.3 Å². The molecule has 1 amide bonds. The van der Waals surface area contributed by atoms with Crippen LogP contribution in [-0.2, 0) is 16.4 Å². The fraction of sp³-hybridized carbons (Fsp3) is 0.100. The third kappa shape index (κ3) is 4.06. The number of hydrogen-bond donors (Lipinski definition) is 0. The Hall–Kier alpha value is -3.04. The third-order valence-electron chi connectivity index (χ3n) is 4.22. The fourth-order valence-corrected chi connectivity index (χ4v) is 4.46. The molecule has 0 bridgehead atoms. The number of benzene rings is 2. The van der Waals surface area contributed by atoms with Crippen LogP contribution in [0.4, 0.5) is 9.52 Å². The predicted octanol–water partition coefficient (Wildman–Crippen LogP) is 4.28. The van der Waals surface area contributed by atoms with Crippen LogP contribution in [0.15, 0.2) is 70.2 Å². The summed E-state index contributed by atoms with van der Waals surface area (Å²) in [7, 11) is -3.47. The average Bonchev–Trinajstić information content (AvgIpc) is 3.34. The van der Waals surface area contributed by atoms with E-state index in [0.717, 1.165) is 6.26 Å². The lowest BCUT2D eigenvalue weighted by atomic mass is 10.2. The van der Waals surface area contributed by atoms with Crippen molar-refractivity contribution in [3.8, 4) is 0 Å². The Morgan fingerprint density at radius 2 is 2.00 bits per heavy atom. The molecule has 9 heteroatoms. The monoisotopic (exact) mass is 430 g/mol. The van der Waals surface area contributed by atoms with Crippen LogP contribution in [0.3, 0.4) is 0 Å². The number of aromatic nitrogens is 1. The molecule has 0 N–H and O–H groups in total. The molecule has 29 heavy (non-hydrogen) atoms. The van der Waals surface area contributed by atoms with Crippen LogP contribution in [0.25, 0.3) is 10.2 Å². The number of nitrogens with zero attached hydrogens (tertiary/aromatic N) is 2. The molecular formula is C20H15FN2O4S2. The highest BCUT2D eigenvalue weighted by Crippen LogP contribution is 2.31. The second-order valence-corrected chi connectivity index (χ2v) is 9.40. The quantitative estimate of drug-likeness (QED) is 0.472. The number of rotatable bonds is 5. The number of halogens is 1. The summed E-state index contributed by atoms with van der Waals surface area (Å²) in [5.74, 6) is -0.299. The second kappa shape index (κ2) is 7.41. The zero-order valence-electron chi connectivity index (χ0n) is 15.2.